The Morgan fingerprint density at radius 2 is 1.95 bits per heavy atom. The first-order valence-corrected chi connectivity index (χ1v) is 6.70. The molecule has 0 saturated carbocycles. The van der Waals surface area contributed by atoms with Crippen molar-refractivity contribution in [1.29, 1.82) is 5.26 Å². The molecule has 0 unspecified atom stereocenters. The molecular weight excluding hydrogens is 264 g/mol. The third-order valence-corrected chi connectivity index (χ3v) is 3.45. The molecule has 2 rings (SSSR count). The van der Waals surface area contributed by atoms with Gasteiger partial charge in [-0.05, 0) is 29.7 Å². The quantitative estimate of drug-likeness (QED) is 0.801. The van der Waals surface area contributed by atoms with Crippen molar-refractivity contribution in [1.82, 2.24) is 4.98 Å². The third-order valence-electron chi connectivity index (χ3n) is 3.45. The van der Waals surface area contributed by atoms with Gasteiger partial charge in [-0.2, -0.15) is 5.26 Å². The molecule has 1 atom stereocenters. The highest BCUT2D eigenvalue weighted by Crippen LogP contribution is 2.33. The van der Waals surface area contributed by atoms with Gasteiger partial charge < -0.3 is 16.6 Å². The van der Waals surface area contributed by atoms with Gasteiger partial charge in [0.25, 0.3) is 0 Å². The number of nitriles is 1. The number of nitrogens with two attached hydrogens (primary N) is 2. The Morgan fingerprint density at radius 3 is 2.52 bits per heavy atom. The molecule has 1 heterocycles. The summed E-state index contributed by atoms with van der Waals surface area (Å²) in [6.45, 7) is 3.95. The number of aromatic hydroxyl groups is 1. The summed E-state index contributed by atoms with van der Waals surface area (Å²) in [5.41, 5.74) is 14.1. The Hall–Kier alpha value is -2.58. The number of phenolic OH excluding ortho intramolecular Hbond substituents is 1. The van der Waals surface area contributed by atoms with Crippen molar-refractivity contribution < 1.29 is 5.11 Å². The Kier molecular flexibility index (Phi) is 4.10. The summed E-state index contributed by atoms with van der Waals surface area (Å²) >= 11 is 0. The number of nitrogen functional groups attached to an aromatic ring is 1. The lowest BCUT2D eigenvalue weighted by molar-refractivity contribution is 0.477. The smallest absolute Gasteiger partial charge is 0.142 e. The van der Waals surface area contributed by atoms with Crippen molar-refractivity contribution in [3.8, 4) is 23.1 Å². The largest absolute Gasteiger partial charge is 0.507 e. The molecule has 21 heavy (non-hydrogen) atoms. The number of hydrogen-bond acceptors (Lipinski definition) is 5. The summed E-state index contributed by atoms with van der Waals surface area (Å²) in [5, 5.41) is 19.2. The molecule has 0 amide bonds. The Bertz CT molecular complexity index is 704. The van der Waals surface area contributed by atoms with Crippen LogP contribution in [0.25, 0.3) is 11.3 Å². The molecule has 5 heteroatoms. The minimum absolute atomic E-state index is 0.109. The van der Waals surface area contributed by atoms with Crippen LogP contribution in [0, 0.1) is 17.2 Å². The Morgan fingerprint density at radius 1 is 1.29 bits per heavy atom. The van der Waals surface area contributed by atoms with E-state index in [1.807, 2.05) is 13.8 Å². The van der Waals surface area contributed by atoms with Crippen molar-refractivity contribution in [3.05, 3.63) is 41.5 Å². The first kappa shape index (κ1) is 14.8. The highest BCUT2D eigenvalue weighted by molar-refractivity contribution is 5.71. The van der Waals surface area contributed by atoms with E-state index < -0.39 is 0 Å². The fourth-order valence-electron chi connectivity index (χ4n) is 2.16. The van der Waals surface area contributed by atoms with Crippen molar-refractivity contribution in [2.24, 2.45) is 11.7 Å². The van der Waals surface area contributed by atoms with E-state index in [1.54, 1.807) is 30.3 Å². The van der Waals surface area contributed by atoms with Gasteiger partial charge in [0.1, 0.15) is 17.6 Å². The molecule has 2 aromatic rings. The van der Waals surface area contributed by atoms with Gasteiger partial charge >= 0.3 is 0 Å². The standard InChI is InChI=1S/C16H18N4O/c1-9(2)15(18)11-7-13(20-16(19)12(11)8-17)10-5-3-4-6-14(10)21/h3-7,9,15,21H,18H2,1-2H3,(H2,19,20)/t15-/m0/s1. The van der Waals surface area contributed by atoms with Gasteiger partial charge in [-0.1, -0.05) is 26.0 Å². The van der Waals surface area contributed by atoms with Crippen molar-refractivity contribution in [3.63, 3.8) is 0 Å². The van der Waals surface area contributed by atoms with E-state index in [4.69, 9.17) is 11.5 Å². The highest BCUT2D eigenvalue weighted by atomic mass is 16.3. The molecular formula is C16H18N4O. The molecule has 0 bridgehead atoms. The van der Waals surface area contributed by atoms with Crippen LogP contribution in [0.15, 0.2) is 30.3 Å². The average Bonchev–Trinajstić information content (AvgIpc) is 2.46. The fourth-order valence-corrected chi connectivity index (χ4v) is 2.16. The second-order valence-corrected chi connectivity index (χ2v) is 5.26. The van der Waals surface area contributed by atoms with Gasteiger partial charge in [0.2, 0.25) is 0 Å². The van der Waals surface area contributed by atoms with E-state index in [9.17, 15) is 10.4 Å². The summed E-state index contributed by atoms with van der Waals surface area (Å²) in [6, 6.07) is 10.3. The second kappa shape index (κ2) is 5.81. The van der Waals surface area contributed by atoms with Gasteiger partial charge in [0.05, 0.1) is 11.3 Å². The number of rotatable bonds is 3. The number of aromatic nitrogens is 1. The van der Waals surface area contributed by atoms with E-state index in [0.717, 1.165) is 0 Å². The monoisotopic (exact) mass is 282 g/mol. The van der Waals surface area contributed by atoms with Crippen LogP contribution in [0.4, 0.5) is 5.82 Å². The summed E-state index contributed by atoms with van der Waals surface area (Å²) in [5.74, 6) is 0.388. The number of anilines is 1. The summed E-state index contributed by atoms with van der Waals surface area (Å²) in [4.78, 5) is 4.22. The summed E-state index contributed by atoms with van der Waals surface area (Å²) in [7, 11) is 0. The molecule has 1 aromatic carbocycles. The average molecular weight is 282 g/mol. The van der Waals surface area contributed by atoms with Crippen LogP contribution in [0.3, 0.4) is 0 Å². The van der Waals surface area contributed by atoms with E-state index >= 15 is 0 Å². The van der Waals surface area contributed by atoms with E-state index in [2.05, 4.69) is 11.1 Å². The normalized spacial score (nSPS) is 12.1. The second-order valence-electron chi connectivity index (χ2n) is 5.26. The molecule has 1 aromatic heterocycles. The van der Waals surface area contributed by atoms with Crippen molar-refractivity contribution in [2.75, 3.05) is 5.73 Å². The number of pyridine rings is 1. The number of benzene rings is 1. The SMILES string of the molecule is CC(C)[C@H](N)c1cc(-c2ccccc2O)nc(N)c1C#N. The molecule has 0 aliphatic carbocycles. The van der Waals surface area contributed by atoms with Crippen LogP contribution < -0.4 is 11.5 Å². The van der Waals surface area contributed by atoms with Gasteiger partial charge in [-0.3, -0.25) is 0 Å². The minimum atomic E-state index is -0.324. The van der Waals surface area contributed by atoms with Crippen LogP contribution in [-0.2, 0) is 0 Å². The molecule has 5 N–H and O–H groups in total. The first-order valence-electron chi connectivity index (χ1n) is 6.70. The zero-order chi connectivity index (χ0) is 15.6. The molecule has 0 fully saturated rings. The van der Waals surface area contributed by atoms with Gasteiger partial charge in [-0.25, -0.2) is 4.98 Å². The van der Waals surface area contributed by atoms with Crippen molar-refractivity contribution >= 4 is 5.82 Å². The summed E-state index contributed by atoms with van der Waals surface area (Å²) in [6.07, 6.45) is 0. The predicted octanol–water partition coefficient (Wildman–Crippen LogP) is 2.56. The van der Waals surface area contributed by atoms with Crippen LogP contribution in [-0.4, -0.2) is 10.1 Å². The Balaban J connectivity index is 2.67. The van der Waals surface area contributed by atoms with Crippen molar-refractivity contribution in [2.45, 2.75) is 19.9 Å². The van der Waals surface area contributed by atoms with E-state index in [1.165, 1.54) is 0 Å². The number of phenols is 1. The molecule has 0 aliphatic rings. The zero-order valence-corrected chi connectivity index (χ0v) is 12.0. The number of para-hydroxylation sites is 1. The number of nitrogens with zero attached hydrogens (tertiary/aromatic N) is 2. The zero-order valence-electron chi connectivity index (χ0n) is 12.0. The molecule has 0 spiro atoms. The maximum absolute atomic E-state index is 9.94. The van der Waals surface area contributed by atoms with Gasteiger partial charge in [-0.15, -0.1) is 0 Å². The lowest BCUT2D eigenvalue weighted by Gasteiger charge is -2.19. The lowest BCUT2D eigenvalue weighted by atomic mass is 9.92. The maximum atomic E-state index is 9.94. The predicted molar refractivity (Wildman–Crippen MR) is 82.2 cm³/mol. The van der Waals surface area contributed by atoms with Crippen LogP contribution in [0.1, 0.15) is 31.0 Å². The Labute approximate surface area is 123 Å². The van der Waals surface area contributed by atoms with Crippen LogP contribution in [0.2, 0.25) is 0 Å². The van der Waals surface area contributed by atoms with Gasteiger partial charge in [0, 0.05) is 11.6 Å². The topological polar surface area (TPSA) is 109 Å². The fraction of sp³-hybridized carbons (Fsp3) is 0.250. The van der Waals surface area contributed by atoms with Crippen LogP contribution in [0.5, 0.6) is 5.75 Å². The highest BCUT2D eigenvalue weighted by Gasteiger charge is 2.20. The van der Waals surface area contributed by atoms with E-state index in [-0.39, 0.29) is 23.5 Å². The molecule has 0 radical (unpaired) electrons. The maximum Gasteiger partial charge on any atom is 0.142 e. The lowest BCUT2D eigenvalue weighted by Crippen LogP contribution is -2.19. The molecule has 0 saturated heterocycles. The third kappa shape index (κ3) is 2.81. The van der Waals surface area contributed by atoms with Gasteiger partial charge in [0.15, 0.2) is 0 Å². The number of hydrogen-bond donors (Lipinski definition) is 3. The van der Waals surface area contributed by atoms with Crippen LogP contribution >= 0.6 is 0 Å². The van der Waals surface area contributed by atoms with E-state index in [0.29, 0.717) is 22.4 Å². The molecule has 0 aliphatic heterocycles. The molecule has 5 nitrogen and oxygen atoms in total. The summed E-state index contributed by atoms with van der Waals surface area (Å²) < 4.78 is 0. The molecule has 108 valence electrons. The first-order chi connectivity index (χ1) is 9.95. The minimum Gasteiger partial charge on any atom is -0.507 e.